The van der Waals surface area contributed by atoms with E-state index >= 15 is 0 Å². The van der Waals surface area contributed by atoms with Crippen LogP contribution in [-0.2, 0) is 13.0 Å². The summed E-state index contributed by atoms with van der Waals surface area (Å²) in [6.45, 7) is 38.3. The number of rotatable bonds is 5. The number of likely N-dealkylation sites (tertiary alicyclic amines) is 1. The van der Waals surface area contributed by atoms with E-state index in [1.54, 1.807) is 11.1 Å². The van der Waals surface area contributed by atoms with Gasteiger partial charge >= 0.3 is 0 Å². The summed E-state index contributed by atoms with van der Waals surface area (Å²) in [4.78, 5) is 6.69. The zero-order valence-corrected chi connectivity index (χ0v) is 37.2. The van der Waals surface area contributed by atoms with Crippen LogP contribution in [0.1, 0.15) is 164 Å². The highest BCUT2D eigenvalue weighted by molar-refractivity contribution is 6.32. The fourth-order valence-corrected chi connectivity index (χ4v) is 7.04. The van der Waals surface area contributed by atoms with Crippen LogP contribution in [0.25, 0.3) is 0 Å². The average Bonchev–Trinajstić information content (AvgIpc) is 3.63. The first-order chi connectivity index (χ1) is 23.8. The Morgan fingerprint density at radius 1 is 0.741 bits per heavy atom. The Hall–Kier alpha value is -2.37. The van der Waals surface area contributed by atoms with E-state index in [1.165, 1.54) is 56.3 Å². The number of benzene rings is 1. The molecule has 0 amide bonds. The lowest BCUT2D eigenvalue weighted by atomic mass is 9.75. The number of aromatic nitrogens is 3. The first-order valence-corrected chi connectivity index (χ1v) is 20.3. The van der Waals surface area contributed by atoms with E-state index in [0.717, 1.165) is 42.7 Å². The van der Waals surface area contributed by atoms with E-state index in [1.807, 2.05) is 30.1 Å². The number of hydrogen-bond donors (Lipinski definition) is 1. The smallest absolute Gasteiger partial charge is 0.144 e. The van der Waals surface area contributed by atoms with Crippen molar-refractivity contribution in [1.82, 2.24) is 19.7 Å². The van der Waals surface area contributed by atoms with Crippen LogP contribution >= 0.6 is 11.6 Å². The summed E-state index contributed by atoms with van der Waals surface area (Å²) in [5.74, 6) is 2.49. The van der Waals surface area contributed by atoms with Gasteiger partial charge in [0.1, 0.15) is 5.82 Å². The normalized spacial score (nSPS) is 16.2. The molecule has 0 radical (unpaired) electrons. The molecule has 5 rings (SSSR count). The third-order valence-electron chi connectivity index (χ3n) is 10.4. The predicted octanol–water partition coefficient (Wildman–Crippen LogP) is 14.2. The lowest BCUT2D eigenvalue weighted by molar-refractivity contribution is 0.129. The fourth-order valence-electron chi connectivity index (χ4n) is 6.75. The van der Waals surface area contributed by atoms with Crippen molar-refractivity contribution in [3.05, 3.63) is 75.7 Å². The average molecular weight is 769 g/mol. The van der Waals surface area contributed by atoms with E-state index < -0.39 is 0 Å². The Labute approximate surface area is 340 Å². The summed E-state index contributed by atoms with van der Waals surface area (Å²) >= 11 is 6.05. The van der Waals surface area contributed by atoms with Crippen molar-refractivity contribution < 1.29 is 0 Å². The minimum Gasteiger partial charge on any atom is -0.369 e. The Morgan fingerprint density at radius 2 is 1.33 bits per heavy atom. The summed E-state index contributed by atoms with van der Waals surface area (Å²) in [6, 6.07) is 8.87. The molecule has 2 aromatic heterocycles. The number of pyridine rings is 1. The summed E-state index contributed by atoms with van der Waals surface area (Å²) in [5, 5.41) is 8.19. The van der Waals surface area contributed by atoms with Gasteiger partial charge < -0.3 is 10.2 Å². The lowest BCUT2D eigenvalue weighted by Crippen LogP contribution is -2.35. The second-order valence-electron chi connectivity index (χ2n) is 20.3. The summed E-state index contributed by atoms with van der Waals surface area (Å²) in [6.07, 6.45) is 13.5. The van der Waals surface area contributed by atoms with Gasteiger partial charge in [0.05, 0.1) is 11.2 Å². The SMILES string of the molecule is C.C.CN1CCC(C(C)(C)C)CC1.Cc1ccc2c(c1)C(C(C)(C)C)CC2.Cc1cnc(NCCC(C)(C)C)c(Cl)c1.Cc1cnn(CCC(C)(C)C)c1. The van der Waals surface area contributed by atoms with Crippen molar-refractivity contribution in [3.63, 3.8) is 0 Å². The number of fused-ring (bicyclic) bond motifs is 1. The Balaban J connectivity index is 0.000000690. The van der Waals surface area contributed by atoms with Gasteiger partial charge in [-0.25, -0.2) is 4.98 Å². The highest BCUT2D eigenvalue weighted by Crippen LogP contribution is 2.45. The van der Waals surface area contributed by atoms with Gasteiger partial charge in [-0.05, 0) is 141 Å². The van der Waals surface area contributed by atoms with Gasteiger partial charge in [-0.15, -0.1) is 0 Å². The van der Waals surface area contributed by atoms with E-state index in [9.17, 15) is 0 Å². The van der Waals surface area contributed by atoms with Crippen LogP contribution < -0.4 is 5.32 Å². The molecule has 54 heavy (non-hydrogen) atoms. The molecule has 1 atom stereocenters. The van der Waals surface area contributed by atoms with E-state index in [0.29, 0.717) is 26.7 Å². The first kappa shape index (κ1) is 51.6. The van der Waals surface area contributed by atoms with Gasteiger partial charge in [-0.1, -0.05) is 133 Å². The van der Waals surface area contributed by atoms with Crippen molar-refractivity contribution in [2.75, 3.05) is 32.0 Å². The third-order valence-corrected chi connectivity index (χ3v) is 10.7. The Morgan fingerprint density at radius 3 is 1.81 bits per heavy atom. The standard InChI is InChI=1S/C14H20.C12H19ClN2.C10H18N2.C10H21N.2CH4/c1-10-5-6-11-7-8-13(12(11)9-10)14(2,3)4;1-9-7-10(13)11(15-8-9)14-6-5-12(2,3)4;1-9-7-11-12(8-9)6-5-10(2,3)4;1-10(2,3)9-5-7-11(4)8-6-9;;/h5-6,9,13H,7-8H2,1-4H3;7-8H,5-6H2,1-4H3,(H,14,15);7-8H,5-6H2,1-4H3;9H,5-8H2,1-4H3;2*1H4. The van der Waals surface area contributed by atoms with Gasteiger partial charge in [0.15, 0.2) is 0 Å². The number of anilines is 1. The molecule has 1 aliphatic heterocycles. The quantitative estimate of drug-likeness (QED) is 0.281. The molecule has 1 saturated heterocycles. The highest BCUT2D eigenvalue weighted by Gasteiger charge is 2.32. The molecule has 2 aliphatic rings. The molecule has 3 heterocycles. The maximum atomic E-state index is 6.05. The maximum absolute atomic E-state index is 6.05. The second kappa shape index (κ2) is 22.4. The molecule has 1 aromatic carbocycles. The zero-order valence-electron chi connectivity index (χ0n) is 36.4. The van der Waals surface area contributed by atoms with Crippen molar-refractivity contribution >= 4 is 17.4 Å². The molecule has 1 unspecified atom stereocenters. The van der Waals surface area contributed by atoms with Gasteiger partial charge in [-0.2, -0.15) is 5.10 Å². The van der Waals surface area contributed by atoms with Crippen molar-refractivity contribution in [3.8, 4) is 0 Å². The molecule has 0 spiro atoms. The topological polar surface area (TPSA) is 46.0 Å². The second-order valence-corrected chi connectivity index (χ2v) is 20.7. The van der Waals surface area contributed by atoms with Crippen LogP contribution in [-0.4, -0.2) is 46.3 Å². The number of piperidine rings is 1. The van der Waals surface area contributed by atoms with Gasteiger partial charge in [-0.3, -0.25) is 4.68 Å². The van der Waals surface area contributed by atoms with Gasteiger partial charge in [0.2, 0.25) is 0 Å². The van der Waals surface area contributed by atoms with Crippen molar-refractivity contribution in [1.29, 1.82) is 0 Å². The van der Waals surface area contributed by atoms with Crippen LogP contribution in [0.4, 0.5) is 5.82 Å². The van der Waals surface area contributed by atoms with Crippen LogP contribution in [0, 0.1) is 48.3 Å². The molecular weight excluding hydrogens is 682 g/mol. The molecule has 5 nitrogen and oxygen atoms in total. The molecule has 6 heteroatoms. The first-order valence-electron chi connectivity index (χ1n) is 20.0. The monoisotopic (exact) mass is 768 g/mol. The van der Waals surface area contributed by atoms with E-state index in [4.69, 9.17) is 11.6 Å². The van der Waals surface area contributed by atoms with Crippen molar-refractivity contribution in [2.45, 2.75) is 170 Å². The number of halogens is 1. The molecule has 310 valence electrons. The summed E-state index contributed by atoms with van der Waals surface area (Å²) in [5.41, 5.74) is 8.60. The van der Waals surface area contributed by atoms with Gasteiger partial charge in [0, 0.05) is 25.5 Å². The maximum Gasteiger partial charge on any atom is 0.144 e. The molecule has 1 fully saturated rings. The molecule has 3 aromatic rings. The largest absolute Gasteiger partial charge is 0.369 e. The van der Waals surface area contributed by atoms with Crippen LogP contribution in [0.5, 0.6) is 0 Å². The van der Waals surface area contributed by atoms with E-state index in [2.05, 4.69) is 149 Å². The zero-order chi connectivity index (χ0) is 39.5. The molecule has 0 bridgehead atoms. The van der Waals surface area contributed by atoms with Crippen LogP contribution in [0.15, 0.2) is 42.9 Å². The fraction of sp³-hybridized carbons (Fsp3) is 0.708. The molecular formula is C48H86ClN5. The lowest BCUT2D eigenvalue weighted by Gasteiger charge is -2.37. The summed E-state index contributed by atoms with van der Waals surface area (Å²) < 4.78 is 2.01. The molecule has 1 aliphatic carbocycles. The molecule has 1 N–H and O–H groups in total. The number of nitrogens with one attached hydrogen (secondary N) is 1. The van der Waals surface area contributed by atoms with Crippen LogP contribution in [0.3, 0.4) is 0 Å². The number of aryl methyl sites for hydroxylation is 5. The van der Waals surface area contributed by atoms with E-state index in [-0.39, 0.29) is 14.9 Å². The van der Waals surface area contributed by atoms with Gasteiger partial charge in [0.25, 0.3) is 0 Å². The number of hydrogen-bond acceptors (Lipinski definition) is 4. The highest BCUT2D eigenvalue weighted by atomic mass is 35.5. The minimum atomic E-state index is 0. The summed E-state index contributed by atoms with van der Waals surface area (Å²) in [7, 11) is 2.22. The molecule has 0 saturated carbocycles. The number of nitrogens with zero attached hydrogens (tertiary/aromatic N) is 4. The minimum absolute atomic E-state index is 0. The predicted molar refractivity (Wildman–Crippen MR) is 242 cm³/mol. The third kappa shape index (κ3) is 20.0. The van der Waals surface area contributed by atoms with Crippen molar-refractivity contribution in [2.24, 2.45) is 27.6 Å². The van der Waals surface area contributed by atoms with Crippen LogP contribution in [0.2, 0.25) is 5.02 Å². The Bertz CT molecular complexity index is 1470. The Kier molecular flexibility index (Phi) is 21.4.